The summed E-state index contributed by atoms with van der Waals surface area (Å²) < 4.78 is 32.4. The molecule has 3 N–H and O–H groups in total. The largest absolute Gasteiger partial charge is 0.492 e. The lowest BCUT2D eigenvalue weighted by atomic mass is 10.2. The first-order chi connectivity index (χ1) is 13.2. The summed E-state index contributed by atoms with van der Waals surface area (Å²) in [5.41, 5.74) is 1.24. The molecule has 28 heavy (non-hydrogen) atoms. The number of amides is 1. The van der Waals surface area contributed by atoms with E-state index in [1.807, 2.05) is 31.2 Å². The molecule has 1 amide bonds. The van der Waals surface area contributed by atoms with Crippen LogP contribution < -0.4 is 20.1 Å². The molecule has 2 rings (SSSR count). The van der Waals surface area contributed by atoms with Crippen molar-refractivity contribution >= 4 is 27.3 Å². The molecule has 8 heteroatoms. The Bertz CT molecular complexity index is 896. The number of carbonyl (C=O) groups is 1. The molecule has 1 atom stereocenters. The Balaban J connectivity index is 2.03. The number of hydrogen-bond acceptors (Lipinski definition) is 5. The summed E-state index contributed by atoms with van der Waals surface area (Å²) in [7, 11) is -3.56. The number of rotatable bonds is 9. The molecule has 0 heterocycles. The Hall–Kier alpha value is -2.58. The van der Waals surface area contributed by atoms with Gasteiger partial charge in [-0.25, -0.2) is 13.1 Å². The van der Waals surface area contributed by atoms with Crippen LogP contribution in [0.1, 0.15) is 27.7 Å². The van der Waals surface area contributed by atoms with Crippen LogP contribution in [0.3, 0.4) is 0 Å². The van der Waals surface area contributed by atoms with Crippen LogP contribution in [0.4, 0.5) is 11.4 Å². The van der Waals surface area contributed by atoms with Gasteiger partial charge in [-0.15, -0.1) is 0 Å². The third-order valence-corrected chi connectivity index (χ3v) is 5.45. The lowest BCUT2D eigenvalue weighted by molar-refractivity contribution is -0.116. The number of benzene rings is 2. The fourth-order valence-corrected chi connectivity index (χ4v) is 3.76. The van der Waals surface area contributed by atoms with Crippen molar-refractivity contribution in [1.82, 2.24) is 4.72 Å². The fraction of sp³-hybridized carbons (Fsp3) is 0.350. The molecule has 0 fully saturated rings. The third kappa shape index (κ3) is 5.97. The lowest BCUT2D eigenvalue weighted by Crippen LogP contribution is -2.32. The number of ether oxygens (including phenoxy) is 1. The molecule has 0 bridgehead atoms. The molecule has 0 spiro atoms. The number of sulfonamides is 1. The molecule has 0 aliphatic carbocycles. The number of hydrogen-bond donors (Lipinski definition) is 3. The van der Waals surface area contributed by atoms with Gasteiger partial charge in [0.25, 0.3) is 0 Å². The van der Waals surface area contributed by atoms with Gasteiger partial charge in [0, 0.05) is 11.7 Å². The zero-order valence-corrected chi connectivity index (χ0v) is 17.3. The summed E-state index contributed by atoms with van der Waals surface area (Å²) >= 11 is 0. The first-order valence-electron chi connectivity index (χ1n) is 9.14. The van der Waals surface area contributed by atoms with Crippen LogP contribution in [-0.2, 0) is 14.8 Å². The van der Waals surface area contributed by atoms with Crippen LogP contribution >= 0.6 is 0 Å². The van der Waals surface area contributed by atoms with Crippen LogP contribution in [0.5, 0.6) is 5.75 Å². The smallest absolute Gasteiger partial charge is 0.246 e. The monoisotopic (exact) mass is 405 g/mol. The lowest BCUT2D eigenvalue weighted by Gasteiger charge is -2.18. The van der Waals surface area contributed by atoms with E-state index in [-0.39, 0.29) is 16.8 Å². The van der Waals surface area contributed by atoms with Gasteiger partial charge < -0.3 is 15.4 Å². The van der Waals surface area contributed by atoms with Crippen molar-refractivity contribution in [3.8, 4) is 5.75 Å². The van der Waals surface area contributed by atoms with Crippen molar-refractivity contribution in [2.24, 2.45) is 0 Å². The zero-order valence-electron chi connectivity index (χ0n) is 16.5. The number of para-hydroxylation sites is 2. The van der Waals surface area contributed by atoms with E-state index in [2.05, 4.69) is 15.4 Å². The molecule has 0 aliphatic rings. The maximum absolute atomic E-state index is 12.5. The van der Waals surface area contributed by atoms with E-state index in [0.717, 1.165) is 5.69 Å². The van der Waals surface area contributed by atoms with Crippen LogP contribution in [-0.4, -0.2) is 33.0 Å². The summed E-state index contributed by atoms with van der Waals surface area (Å²) in [5, 5.41) is 5.90. The topological polar surface area (TPSA) is 96.5 Å². The Kier molecular flexibility index (Phi) is 7.42. The highest BCUT2D eigenvalue weighted by molar-refractivity contribution is 7.89. The van der Waals surface area contributed by atoms with E-state index in [1.54, 1.807) is 32.9 Å². The maximum Gasteiger partial charge on any atom is 0.246 e. The minimum absolute atomic E-state index is 0.149. The van der Waals surface area contributed by atoms with Crippen LogP contribution in [0, 0.1) is 0 Å². The second-order valence-electron chi connectivity index (χ2n) is 6.58. The predicted octanol–water partition coefficient (Wildman–Crippen LogP) is 3.21. The first-order valence-corrected chi connectivity index (χ1v) is 10.6. The first kappa shape index (κ1) is 21.7. The molecule has 0 saturated heterocycles. The van der Waals surface area contributed by atoms with Crippen LogP contribution in [0.25, 0.3) is 0 Å². The van der Waals surface area contributed by atoms with E-state index >= 15 is 0 Å². The highest BCUT2D eigenvalue weighted by Gasteiger charge is 2.17. The molecule has 0 saturated carbocycles. The quantitative estimate of drug-likeness (QED) is 0.595. The molecule has 2 aromatic rings. The SMILES string of the molecule is CCOc1ccccc1N[C@H](C)C(=O)Nc1ccc(S(=O)(=O)NC(C)C)cc1. The summed E-state index contributed by atoms with van der Waals surface area (Å²) in [6.07, 6.45) is 0. The van der Waals surface area contributed by atoms with Gasteiger partial charge in [-0.3, -0.25) is 4.79 Å². The van der Waals surface area contributed by atoms with Crippen LogP contribution in [0.2, 0.25) is 0 Å². The van der Waals surface area contributed by atoms with E-state index < -0.39 is 16.1 Å². The second kappa shape index (κ2) is 9.57. The van der Waals surface area contributed by atoms with Gasteiger partial charge in [0.1, 0.15) is 11.8 Å². The molecular weight excluding hydrogens is 378 g/mol. The predicted molar refractivity (Wildman–Crippen MR) is 111 cm³/mol. The Labute approximate surface area is 166 Å². The van der Waals surface area contributed by atoms with Gasteiger partial charge in [0.2, 0.25) is 15.9 Å². The molecule has 2 aromatic carbocycles. The summed E-state index contributed by atoms with van der Waals surface area (Å²) in [4.78, 5) is 12.6. The Morgan fingerprint density at radius 2 is 1.68 bits per heavy atom. The van der Waals surface area contributed by atoms with Gasteiger partial charge in [0.05, 0.1) is 17.2 Å². The molecule has 0 unspecified atom stereocenters. The standard InChI is InChI=1S/C20H27N3O4S/c1-5-27-19-9-7-6-8-18(19)21-15(4)20(24)22-16-10-12-17(13-11-16)28(25,26)23-14(2)3/h6-15,21,23H,5H2,1-4H3,(H,22,24)/t15-/m1/s1. The molecule has 0 aromatic heterocycles. The van der Waals surface area contributed by atoms with E-state index in [0.29, 0.717) is 18.0 Å². The fourth-order valence-electron chi connectivity index (χ4n) is 2.51. The Morgan fingerprint density at radius 3 is 2.29 bits per heavy atom. The van der Waals surface area contributed by atoms with Crippen molar-refractivity contribution < 1.29 is 17.9 Å². The van der Waals surface area contributed by atoms with Crippen LogP contribution in [0.15, 0.2) is 53.4 Å². The van der Waals surface area contributed by atoms with Gasteiger partial charge >= 0.3 is 0 Å². The number of anilines is 2. The number of nitrogens with one attached hydrogen (secondary N) is 3. The van der Waals surface area contributed by atoms with Crippen molar-refractivity contribution in [2.75, 3.05) is 17.2 Å². The highest BCUT2D eigenvalue weighted by atomic mass is 32.2. The average molecular weight is 406 g/mol. The van der Waals surface area contributed by atoms with Gasteiger partial charge in [-0.1, -0.05) is 12.1 Å². The molecule has 0 aliphatic heterocycles. The number of carbonyl (C=O) groups excluding carboxylic acids is 1. The summed E-state index contributed by atoms with van der Waals surface area (Å²) in [5.74, 6) is 0.430. The van der Waals surface area contributed by atoms with Crippen molar-refractivity contribution in [2.45, 2.75) is 44.7 Å². The van der Waals surface area contributed by atoms with E-state index in [4.69, 9.17) is 4.74 Å². The van der Waals surface area contributed by atoms with Gasteiger partial charge in [-0.2, -0.15) is 0 Å². The van der Waals surface area contributed by atoms with E-state index in [9.17, 15) is 13.2 Å². The van der Waals surface area contributed by atoms with E-state index in [1.165, 1.54) is 12.1 Å². The summed E-state index contributed by atoms with van der Waals surface area (Å²) in [6, 6.07) is 12.7. The molecule has 152 valence electrons. The zero-order chi connectivity index (χ0) is 20.7. The maximum atomic E-state index is 12.5. The summed E-state index contributed by atoms with van der Waals surface area (Å²) in [6.45, 7) is 7.67. The van der Waals surface area contributed by atoms with Crippen molar-refractivity contribution in [1.29, 1.82) is 0 Å². The third-order valence-electron chi connectivity index (χ3n) is 3.78. The van der Waals surface area contributed by atoms with Crippen molar-refractivity contribution in [3.63, 3.8) is 0 Å². The molecular formula is C20H27N3O4S. The van der Waals surface area contributed by atoms with Gasteiger partial charge in [0.15, 0.2) is 0 Å². The Morgan fingerprint density at radius 1 is 1.04 bits per heavy atom. The molecule has 7 nitrogen and oxygen atoms in total. The molecule has 0 radical (unpaired) electrons. The normalized spacial score (nSPS) is 12.5. The minimum atomic E-state index is -3.56. The van der Waals surface area contributed by atoms with Gasteiger partial charge in [-0.05, 0) is 64.1 Å². The second-order valence-corrected chi connectivity index (χ2v) is 8.30. The highest BCUT2D eigenvalue weighted by Crippen LogP contribution is 2.24. The average Bonchev–Trinajstić information content (AvgIpc) is 2.63. The minimum Gasteiger partial charge on any atom is -0.492 e. The van der Waals surface area contributed by atoms with Crippen molar-refractivity contribution in [3.05, 3.63) is 48.5 Å².